The molecule has 0 saturated heterocycles. The first-order valence-electron chi connectivity index (χ1n) is 6.19. The quantitative estimate of drug-likeness (QED) is 0.896. The summed E-state index contributed by atoms with van der Waals surface area (Å²) in [7, 11) is 2.01. The van der Waals surface area contributed by atoms with Gasteiger partial charge in [0.1, 0.15) is 5.65 Å². The van der Waals surface area contributed by atoms with Crippen LogP contribution >= 0.6 is 0 Å². The van der Waals surface area contributed by atoms with Crippen LogP contribution in [0, 0.1) is 6.92 Å². The topological polar surface area (TPSA) is 40.8 Å². The van der Waals surface area contributed by atoms with Crippen molar-refractivity contribution in [2.24, 2.45) is 0 Å². The summed E-state index contributed by atoms with van der Waals surface area (Å²) in [6, 6.07) is 4.09. The third kappa shape index (κ3) is 2.54. The van der Waals surface area contributed by atoms with Gasteiger partial charge in [-0.2, -0.15) is 0 Å². The van der Waals surface area contributed by atoms with E-state index in [2.05, 4.69) is 29.1 Å². The van der Waals surface area contributed by atoms with Crippen LogP contribution in [0.5, 0.6) is 0 Å². The van der Waals surface area contributed by atoms with Crippen molar-refractivity contribution in [1.29, 1.82) is 0 Å². The molecular weight excluding hydrogens is 226 g/mol. The van der Waals surface area contributed by atoms with Gasteiger partial charge in [-0.3, -0.25) is 4.90 Å². The number of likely N-dealkylation sites (N-methyl/N-ethyl adjacent to an activating group) is 1. The predicted molar refractivity (Wildman–Crippen MR) is 72.6 cm³/mol. The molecule has 0 amide bonds. The molecule has 0 aromatic carbocycles. The van der Waals surface area contributed by atoms with E-state index in [-0.39, 0.29) is 12.1 Å². The largest absolute Gasteiger partial charge is 0.394 e. The number of fused-ring (bicyclic) bond motifs is 1. The number of aliphatic hydroxyl groups excluding tert-OH is 1. The zero-order valence-electron chi connectivity index (χ0n) is 11.5. The van der Waals surface area contributed by atoms with E-state index >= 15 is 0 Å². The van der Waals surface area contributed by atoms with E-state index in [1.54, 1.807) is 0 Å². The van der Waals surface area contributed by atoms with Crippen molar-refractivity contribution in [3.63, 3.8) is 0 Å². The fourth-order valence-corrected chi connectivity index (χ4v) is 1.81. The Labute approximate surface area is 108 Å². The summed E-state index contributed by atoms with van der Waals surface area (Å²) in [6.45, 7) is 6.98. The first kappa shape index (κ1) is 13.1. The Hall–Kier alpha value is -1.39. The molecule has 0 radical (unpaired) electrons. The predicted octanol–water partition coefficient (Wildman–Crippen LogP) is 1.85. The molecule has 0 saturated carbocycles. The van der Waals surface area contributed by atoms with Gasteiger partial charge in [-0.15, -0.1) is 0 Å². The lowest BCUT2D eigenvalue weighted by Crippen LogP contribution is -2.43. The van der Waals surface area contributed by atoms with Crippen molar-refractivity contribution in [2.75, 3.05) is 13.7 Å². The Kier molecular flexibility index (Phi) is 3.41. The van der Waals surface area contributed by atoms with Gasteiger partial charge in [0.25, 0.3) is 0 Å². The summed E-state index contributed by atoms with van der Waals surface area (Å²) in [5.74, 6) is 0. The summed E-state index contributed by atoms with van der Waals surface area (Å²) in [6.07, 6.45) is 4.12. The van der Waals surface area contributed by atoms with Crippen molar-refractivity contribution in [2.45, 2.75) is 32.9 Å². The van der Waals surface area contributed by atoms with Gasteiger partial charge in [-0.05, 0) is 39.4 Å². The van der Waals surface area contributed by atoms with E-state index in [0.29, 0.717) is 0 Å². The van der Waals surface area contributed by atoms with Crippen LogP contribution in [0.1, 0.15) is 25.1 Å². The van der Waals surface area contributed by atoms with E-state index in [1.165, 1.54) is 5.56 Å². The van der Waals surface area contributed by atoms with Gasteiger partial charge in [0.15, 0.2) is 0 Å². The molecule has 98 valence electrons. The molecule has 0 aliphatic carbocycles. The van der Waals surface area contributed by atoms with Gasteiger partial charge in [0.2, 0.25) is 0 Å². The Morgan fingerprint density at radius 3 is 2.72 bits per heavy atom. The number of aliphatic hydroxyl groups is 1. The number of rotatable bonds is 4. The molecule has 2 aromatic rings. The SMILES string of the molecule is Cc1ccc2nc(CN(C)C(C)(C)CO)cn2c1. The van der Waals surface area contributed by atoms with Gasteiger partial charge >= 0.3 is 0 Å². The number of hydrogen-bond acceptors (Lipinski definition) is 3. The maximum absolute atomic E-state index is 9.35. The van der Waals surface area contributed by atoms with Crippen LogP contribution in [0.25, 0.3) is 5.65 Å². The molecule has 4 nitrogen and oxygen atoms in total. The zero-order valence-corrected chi connectivity index (χ0v) is 11.5. The smallest absolute Gasteiger partial charge is 0.137 e. The van der Waals surface area contributed by atoms with Gasteiger partial charge < -0.3 is 9.51 Å². The first-order valence-corrected chi connectivity index (χ1v) is 6.19. The average molecular weight is 247 g/mol. The number of pyridine rings is 1. The minimum absolute atomic E-state index is 0.135. The minimum atomic E-state index is -0.230. The maximum Gasteiger partial charge on any atom is 0.137 e. The Morgan fingerprint density at radius 1 is 1.33 bits per heavy atom. The Morgan fingerprint density at radius 2 is 2.06 bits per heavy atom. The lowest BCUT2D eigenvalue weighted by atomic mass is 10.1. The molecule has 0 aliphatic rings. The van der Waals surface area contributed by atoms with E-state index in [9.17, 15) is 5.11 Å². The first-order chi connectivity index (χ1) is 8.42. The summed E-state index contributed by atoms with van der Waals surface area (Å²) < 4.78 is 2.05. The third-order valence-corrected chi connectivity index (χ3v) is 3.47. The molecule has 2 aromatic heterocycles. The second-order valence-electron chi connectivity index (χ2n) is 5.53. The number of aromatic nitrogens is 2. The van der Waals surface area contributed by atoms with Crippen molar-refractivity contribution in [3.05, 3.63) is 35.8 Å². The molecule has 0 spiro atoms. The lowest BCUT2D eigenvalue weighted by Gasteiger charge is -2.33. The second-order valence-corrected chi connectivity index (χ2v) is 5.53. The fraction of sp³-hybridized carbons (Fsp3) is 0.500. The Bertz CT molecular complexity index is 545. The third-order valence-electron chi connectivity index (χ3n) is 3.47. The molecule has 0 unspecified atom stereocenters. The monoisotopic (exact) mass is 247 g/mol. The van der Waals surface area contributed by atoms with Gasteiger partial charge in [0.05, 0.1) is 12.3 Å². The molecule has 4 heteroatoms. The molecule has 2 heterocycles. The van der Waals surface area contributed by atoms with Crippen LogP contribution in [-0.4, -0.2) is 38.6 Å². The highest BCUT2D eigenvalue weighted by molar-refractivity contribution is 5.41. The molecule has 0 aliphatic heterocycles. The second kappa shape index (κ2) is 4.71. The molecule has 18 heavy (non-hydrogen) atoms. The highest BCUT2D eigenvalue weighted by Gasteiger charge is 2.23. The van der Waals surface area contributed by atoms with Gasteiger partial charge in [-0.25, -0.2) is 4.98 Å². The molecule has 2 rings (SSSR count). The van der Waals surface area contributed by atoms with Crippen molar-refractivity contribution >= 4 is 5.65 Å². The summed E-state index contributed by atoms with van der Waals surface area (Å²) in [5, 5.41) is 9.35. The number of aryl methyl sites for hydroxylation is 1. The number of nitrogens with zero attached hydrogens (tertiary/aromatic N) is 3. The maximum atomic E-state index is 9.35. The zero-order chi connectivity index (χ0) is 13.3. The molecule has 0 atom stereocenters. The van der Waals surface area contributed by atoms with Crippen molar-refractivity contribution in [3.8, 4) is 0 Å². The van der Waals surface area contributed by atoms with E-state index < -0.39 is 0 Å². The normalized spacial score (nSPS) is 12.6. The number of hydrogen-bond donors (Lipinski definition) is 1. The van der Waals surface area contributed by atoms with Gasteiger partial charge in [-0.1, -0.05) is 6.07 Å². The average Bonchev–Trinajstić information content (AvgIpc) is 2.70. The fourth-order valence-electron chi connectivity index (χ4n) is 1.81. The van der Waals surface area contributed by atoms with Crippen molar-refractivity contribution in [1.82, 2.24) is 14.3 Å². The van der Waals surface area contributed by atoms with E-state index in [0.717, 1.165) is 17.9 Å². The van der Waals surface area contributed by atoms with E-state index in [1.807, 2.05) is 37.6 Å². The summed E-state index contributed by atoms with van der Waals surface area (Å²) in [5.41, 5.74) is 2.97. The van der Waals surface area contributed by atoms with Gasteiger partial charge in [0, 0.05) is 24.5 Å². The van der Waals surface area contributed by atoms with Crippen LogP contribution in [0.3, 0.4) is 0 Å². The molecule has 1 N–H and O–H groups in total. The van der Waals surface area contributed by atoms with Crippen LogP contribution in [0.15, 0.2) is 24.5 Å². The lowest BCUT2D eigenvalue weighted by molar-refractivity contribution is 0.0726. The summed E-state index contributed by atoms with van der Waals surface area (Å²) in [4.78, 5) is 6.69. The molecular formula is C14H21N3O. The van der Waals surface area contributed by atoms with Crippen LogP contribution < -0.4 is 0 Å². The highest BCUT2D eigenvalue weighted by atomic mass is 16.3. The van der Waals surface area contributed by atoms with E-state index in [4.69, 9.17) is 0 Å². The van der Waals surface area contributed by atoms with Crippen LogP contribution in [-0.2, 0) is 6.54 Å². The molecule has 0 bridgehead atoms. The number of imidazole rings is 1. The molecule has 0 fully saturated rings. The standard InChI is InChI=1S/C14H21N3O/c1-11-5-6-13-15-12(9-17(13)7-11)8-16(4)14(2,3)10-18/h5-7,9,18H,8,10H2,1-4H3. The Balaban J connectivity index is 2.22. The minimum Gasteiger partial charge on any atom is -0.394 e. The van der Waals surface area contributed by atoms with Crippen LogP contribution in [0.4, 0.5) is 0 Å². The van der Waals surface area contributed by atoms with Crippen molar-refractivity contribution < 1.29 is 5.11 Å². The highest BCUT2D eigenvalue weighted by Crippen LogP contribution is 2.15. The summed E-state index contributed by atoms with van der Waals surface area (Å²) >= 11 is 0. The van der Waals surface area contributed by atoms with Crippen LogP contribution in [0.2, 0.25) is 0 Å².